The number of esters is 2. The molecule has 2 aliphatic carbocycles. The van der Waals surface area contributed by atoms with Crippen LogP contribution in [-0.2, 0) is 23.9 Å². The first kappa shape index (κ1) is 15.5. The van der Waals surface area contributed by atoms with Gasteiger partial charge in [0.05, 0.1) is 14.2 Å². The number of ether oxygens (including phenoxy) is 2. The molecule has 2 rings (SSSR count). The molecule has 2 atom stereocenters. The van der Waals surface area contributed by atoms with E-state index in [-0.39, 0.29) is 11.8 Å². The lowest BCUT2D eigenvalue weighted by Crippen LogP contribution is -2.39. The van der Waals surface area contributed by atoms with Crippen molar-refractivity contribution in [2.45, 2.75) is 26.2 Å². The summed E-state index contributed by atoms with van der Waals surface area (Å²) >= 11 is 0. The Morgan fingerprint density at radius 1 is 1.24 bits per heavy atom. The van der Waals surface area contributed by atoms with Crippen molar-refractivity contribution in [2.75, 3.05) is 14.2 Å². The zero-order valence-electron chi connectivity index (χ0n) is 12.5. The van der Waals surface area contributed by atoms with Gasteiger partial charge < -0.3 is 14.3 Å². The fourth-order valence-corrected chi connectivity index (χ4v) is 3.39. The fourth-order valence-electron chi connectivity index (χ4n) is 3.39. The van der Waals surface area contributed by atoms with Gasteiger partial charge in [0, 0.05) is 5.92 Å². The normalized spacial score (nSPS) is 26.8. The van der Waals surface area contributed by atoms with E-state index in [9.17, 15) is 14.4 Å². The van der Waals surface area contributed by atoms with Crippen molar-refractivity contribution in [3.63, 3.8) is 0 Å². The van der Waals surface area contributed by atoms with Crippen LogP contribution in [0.3, 0.4) is 0 Å². The summed E-state index contributed by atoms with van der Waals surface area (Å²) in [7, 11) is 2.56. The molecule has 0 aliphatic heterocycles. The van der Waals surface area contributed by atoms with E-state index in [0.29, 0.717) is 19.3 Å². The number of methoxy groups -OCH3 is 2. The first-order chi connectivity index (χ1) is 9.98. The second-order valence-corrected chi connectivity index (χ2v) is 5.75. The molecule has 5 heteroatoms. The molecule has 114 valence electrons. The van der Waals surface area contributed by atoms with E-state index in [4.69, 9.17) is 9.47 Å². The van der Waals surface area contributed by atoms with Gasteiger partial charge in [0.1, 0.15) is 6.29 Å². The molecule has 0 saturated heterocycles. The second-order valence-electron chi connectivity index (χ2n) is 5.75. The highest BCUT2D eigenvalue weighted by molar-refractivity contribution is 6.01. The minimum atomic E-state index is -1.26. The average Bonchev–Trinajstić information content (AvgIpc) is 2.84. The molecular formula is C16H20O5. The van der Waals surface area contributed by atoms with Gasteiger partial charge in [-0.1, -0.05) is 23.3 Å². The zero-order chi connectivity index (χ0) is 15.6. The molecule has 1 fully saturated rings. The number of fused-ring (bicyclic) bond motifs is 1. The van der Waals surface area contributed by atoms with Gasteiger partial charge in [-0.2, -0.15) is 0 Å². The Labute approximate surface area is 124 Å². The Morgan fingerprint density at radius 2 is 1.86 bits per heavy atom. The van der Waals surface area contributed by atoms with E-state index in [1.807, 2.05) is 19.1 Å². The summed E-state index contributed by atoms with van der Waals surface area (Å²) in [5.74, 6) is -1.26. The van der Waals surface area contributed by atoms with Crippen LogP contribution in [0.4, 0.5) is 0 Å². The van der Waals surface area contributed by atoms with Crippen molar-refractivity contribution >= 4 is 18.2 Å². The maximum Gasteiger partial charge on any atom is 0.323 e. The van der Waals surface area contributed by atoms with Crippen LogP contribution in [0.2, 0.25) is 0 Å². The third-order valence-corrected chi connectivity index (χ3v) is 4.52. The van der Waals surface area contributed by atoms with E-state index < -0.39 is 17.4 Å². The summed E-state index contributed by atoms with van der Waals surface area (Å²) in [6.45, 7) is 1.95. The molecule has 0 spiro atoms. The van der Waals surface area contributed by atoms with Crippen molar-refractivity contribution in [1.82, 2.24) is 0 Å². The van der Waals surface area contributed by atoms with Crippen molar-refractivity contribution in [3.05, 3.63) is 23.3 Å². The van der Waals surface area contributed by atoms with Crippen LogP contribution in [0, 0.1) is 17.3 Å². The monoisotopic (exact) mass is 292 g/mol. The maximum absolute atomic E-state index is 12.2. The Bertz CT molecular complexity index is 513. The van der Waals surface area contributed by atoms with E-state index in [0.717, 1.165) is 17.4 Å². The maximum atomic E-state index is 12.2. The number of hydrogen-bond donors (Lipinski definition) is 0. The Morgan fingerprint density at radius 3 is 2.38 bits per heavy atom. The third-order valence-electron chi connectivity index (χ3n) is 4.52. The SMILES string of the molecule is COC(=O)C1(C(=O)OC)CC2=C(C)C[C@H](C=O)C=C[C@@H]2C1. The molecule has 0 aromatic rings. The van der Waals surface area contributed by atoms with E-state index in [2.05, 4.69) is 0 Å². The van der Waals surface area contributed by atoms with Gasteiger partial charge in [-0.15, -0.1) is 0 Å². The summed E-state index contributed by atoms with van der Waals surface area (Å²) in [5.41, 5.74) is 0.853. The summed E-state index contributed by atoms with van der Waals surface area (Å²) in [4.78, 5) is 35.3. The molecule has 2 aliphatic rings. The molecular weight excluding hydrogens is 272 g/mol. The minimum Gasteiger partial charge on any atom is -0.468 e. The van der Waals surface area contributed by atoms with Crippen LogP contribution >= 0.6 is 0 Å². The van der Waals surface area contributed by atoms with Crippen LogP contribution in [0.25, 0.3) is 0 Å². The van der Waals surface area contributed by atoms with Gasteiger partial charge in [-0.05, 0) is 32.1 Å². The molecule has 0 unspecified atom stereocenters. The highest BCUT2D eigenvalue weighted by Gasteiger charge is 2.55. The quantitative estimate of drug-likeness (QED) is 0.343. The van der Waals surface area contributed by atoms with E-state index in [1.165, 1.54) is 14.2 Å². The zero-order valence-corrected chi connectivity index (χ0v) is 12.5. The smallest absolute Gasteiger partial charge is 0.323 e. The second kappa shape index (κ2) is 5.84. The first-order valence-electron chi connectivity index (χ1n) is 6.97. The highest BCUT2D eigenvalue weighted by Crippen LogP contribution is 2.50. The van der Waals surface area contributed by atoms with Gasteiger partial charge >= 0.3 is 11.9 Å². The topological polar surface area (TPSA) is 69.7 Å². The summed E-state index contributed by atoms with van der Waals surface area (Å²) in [6.07, 6.45) is 5.98. The first-order valence-corrected chi connectivity index (χ1v) is 6.97. The predicted molar refractivity (Wildman–Crippen MR) is 75.2 cm³/mol. The fraction of sp³-hybridized carbons (Fsp3) is 0.562. The van der Waals surface area contributed by atoms with Crippen LogP contribution in [-0.4, -0.2) is 32.4 Å². The lowest BCUT2D eigenvalue weighted by atomic mass is 9.84. The van der Waals surface area contributed by atoms with Crippen LogP contribution in [0.15, 0.2) is 23.3 Å². The Balaban J connectivity index is 2.41. The van der Waals surface area contributed by atoms with Gasteiger partial charge in [-0.25, -0.2) is 0 Å². The van der Waals surface area contributed by atoms with Crippen molar-refractivity contribution in [1.29, 1.82) is 0 Å². The van der Waals surface area contributed by atoms with Crippen LogP contribution < -0.4 is 0 Å². The van der Waals surface area contributed by atoms with E-state index >= 15 is 0 Å². The molecule has 0 amide bonds. The van der Waals surface area contributed by atoms with Gasteiger partial charge in [0.2, 0.25) is 0 Å². The third kappa shape index (κ3) is 2.52. The molecule has 0 bridgehead atoms. The number of aldehydes is 1. The van der Waals surface area contributed by atoms with Crippen molar-refractivity contribution in [3.8, 4) is 0 Å². The largest absolute Gasteiger partial charge is 0.468 e. The van der Waals surface area contributed by atoms with Gasteiger partial charge in [-0.3, -0.25) is 9.59 Å². The van der Waals surface area contributed by atoms with Crippen LogP contribution in [0.1, 0.15) is 26.2 Å². The minimum absolute atomic E-state index is 0.0202. The molecule has 0 radical (unpaired) electrons. The summed E-state index contributed by atoms with van der Waals surface area (Å²) in [6, 6.07) is 0. The van der Waals surface area contributed by atoms with Crippen LogP contribution in [0.5, 0.6) is 0 Å². The Kier molecular flexibility index (Phi) is 4.30. The number of hydrogen-bond acceptors (Lipinski definition) is 5. The molecule has 0 aromatic carbocycles. The molecule has 0 aromatic heterocycles. The predicted octanol–water partition coefficient (Wildman–Crippen LogP) is 1.82. The van der Waals surface area contributed by atoms with Gasteiger partial charge in [0.25, 0.3) is 0 Å². The standard InChI is InChI=1S/C16H20O5/c1-10-6-11(9-17)4-5-12-7-16(8-13(10)12,14(18)20-2)15(19)21-3/h4-5,9,11-12H,6-8H2,1-3H3/t11-,12-/m1/s1. The molecule has 0 heterocycles. The molecule has 5 nitrogen and oxygen atoms in total. The lowest BCUT2D eigenvalue weighted by Gasteiger charge is -2.22. The number of allylic oxidation sites excluding steroid dienone is 4. The highest BCUT2D eigenvalue weighted by atomic mass is 16.5. The lowest BCUT2D eigenvalue weighted by molar-refractivity contribution is -0.168. The number of rotatable bonds is 3. The Hall–Kier alpha value is -1.91. The van der Waals surface area contributed by atoms with Gasteiger partial charge in [0.15, 0.2) is 5.41 Å². The molecule has 1 saturated carbocycles. The molecule has 21 heavy (non-hydrogen) atoms. The average molecular weight is 292 g/mol. The number of carbonyl (C=O) groups is 3. The summed E-state index contributed by atoms with van der Waals surface area (Å²) < 4.78 is 9.67. The molecule has 0 N–H and O–H groups in total. The van der Waals surface area contributed by atoms with Crippen molar-refractivity contribution in [2.24, 2.45) is 17.3 Å². The van der Waals surface area contributed by atoms with E-state index in [1.54, 1.807) is 0 Å². The van der Waals surface area contributed by atoms with Crippen molar-refractivity contribution < 1.29 is 23.9 Å². The number of carbonyl (C=O) groups excluding carboxylic acids is 3. The summed E-state index contributed by atoms with van der Waals surface area (Å²) in [5, 5.41) is 0.